The van der Waals surface area contributed by atoms with Crippen LogP contribution in [0.2, 0.25) is 0 Å². The molecule has 0 aromatic carbocycles. The van der Waals surface area contributed by atoms with Crippen LogP contribution in [0.4, 0.5) is 0 Å². The fraction of sp³-hybridized carbons (Fsp3) is 0.909. The standard InChI is InChI=1S/C11H15NO/c12-7-10(3-1-4-10)11(13)5-2-8-6-9(8)11/h8-9,13H,1-6H2. The molecule has 0 aromatic heterocycles. The molecule has 3 fully saturated rings. The van der Waals surface area contributed by atoms with Crippen LogP contribution in [0.1, 0.15) is 38.5 Å². The van der Waals surface area contributed by atoms with E-state index in [9.17, 15) is 10.4 Å². The molecule has 3 atom stereocenters. The zero-order chi connectivity index (χ0) is 9.10. The third-order valence-corrected chi connectivity index (χ3v) is 4.68. The van der Waals surface area contributed by atoms with Gasteiger partial charge in [-0.1, -0.05) is 6.42 Å². The van der Waals surface area contributed by atoms with E-state index in [4.69, 9.17) is 0 Å². The molecule has 2 nitrogen and oxygen atoms in total. The third kappa shape index (κ3) is 0.729. The second-order valence-electron chi connectivity index (χ2n) is 5.11. The average Bonchev–Trinajstić information content (AvgIpc) is 2.73. The Hall–Kier alpha value is -0.550. The molecular weight excluding hydrogens is 162 g/mol. The van der Waals surface area contributed by atoms with Crippen molar-refractivity contribution in [3.63, 3.8) is 0 Å². The minimum Gasteiger partial charge on any atom is -0.388 e. The summed E-state index contributed by atoms with van der Waals surface area (Å²) in [7, 11) is 0. The first-order valence-corrected chi connectivity index (χ1v) is 5.35. The lowest BCUT2D eigenvalue weighted by molar-refractivity contribution is -0.105. The fourth-order valence-electron chi connectivity index (χ4n) is 3.51. The molecule has 0 saturated heterocycles. The Morgan fingerprint density at radius 3 is 2.38 bits per heavy atom. The van der Waals surface area contributed by atoms with Gasteiger partial charge in [-0.2, -0.15) is 5.26 Å². The SMILES string of the molecule is N#CC1(C2(O)CCC3CC32)CCC1. The van der Waals surface area contributed by atoms with Crippen LogP contribution in [-0.4, -0.2) is 10.7 Å². The predicted octanol–water partition coefficient (Wildman–Crippen LogP) is 1.84. The Morgan fingerprint density at radius 1 is 1.31 bits per heavy atom. The predicted molar refractivity (Wildman–Crippen MR) is 47.7 cm³/mol. The summed E-state index contributed by atoms with van der Waals surface area (Å²) in [6.45, 7) is 0. The highest BCUT2D eigenvalue weighted by molar-refractivity contribution is 5.23. The number of nitrogens with zero attached hydrogens (tertiary/aromatic N) is 1. The second kappa shape index (κ2) is 2.09. The number of aliphatic hydroxyl groups is 1. The van der Waals surface area contributed by atoms with Gasteiger partial charge in [0.2, 0.25) is 0 Å². The summed E-state index contributed by atoms with van der Waals surface area (Å²) < 4.78 is 0. The van der Waals surface area contributed by atoms with Gasteiger partial charge in [0.25, 0.3) is 0 Å². The van der Waals surface area contributed by atoms with Crippen LogP contribution >= 0.6 is 0 Å². The number of rotatable bonds is 1. The summed E-state index contributed by atoms with van der Waals surface area (Å²) in [5, 5.41) is 19.7. The van der Waals surface area contributed by atoms with E-state index in [0.29, 0.717) is 5.92 Å². The van der Waals surface area contributed by atoms with E-state index < -0.39 is 5.60 Å². The van der Waals surface area contributed by atoms with Gasteiger partial charge >= 0.3 is 0 Å². The van der Waals surface area contributed by atoms with Gasteiger partial charge in [0.05, 0.1) is 17.1 Å². The lowest BCUT2D eigenvalue weighted by atomic mass is 9.58. The summed E-state index contributed by atoms with van der Waals surface area (Å²) in [5.74, 6) is 1.24. The van der Waals surface area contributed by atoms with Crippen LogP contribution in [-0.2, 0) is 0 Å². The van der Waals surface area contributed by atoms with E-state index in [1.165, 1.54) is 6.42 Å². The van der Waals surface area contributed by atoms with Crippen molar-refractivity contribution in [1.82, 2.24) is 0 Å². The molecule has 3 unspecified atom stereocenters. The van der Waals surface area contributed by atoms with Gasteiger partial charge in [0, 0.05) is 0 Å². The van der Waals surface area contributed by atoms with Crippen molar-refractivity contribution in [3.8, 4) is 6.07 Å². The Morgan fingerprint density at radius 2 is 2.08 bits per heavy atom. The summed E-state index contributed by atoms with van der Waals surface area (Å²) in [4.78, 5) is 0. The molecule has 0 aromatic rings. The van der Waals surface area contributed by atoms with Crippen molar-refractivity contribution >= 4 is 0 Å². The largest absolute Gasteiger partial charge is 0.388 e. The highest BCUT2D eigenvalue weighted by atomic mass is 16.3. The minimum absolute atomic E-state index is 0.344. The highest BCUT2D eigenvalue weighted by Gasteiger charge is 2.67. The quantitative estimate of drug-likeness (QED) is 0.664. The van der Waals surface area contributed by atoms with Gasteiger partial charge < -0.3 is 5.11 Å². The van der Waals surface area contributed by atoms with E-state index in [-0.39, 0.29) is 5.41 Å². The molecule has 0 aliphatic heterocycles. The molecule has 70 valence electrons. The molecule has 0 heterocycles. The molecule has 3 aliphatic carbocycles. The molecule has 3 aliphatic rings. The van der Waals surface area contributed by atoms with Crippen molar-refractivity contribution in [3.05, 3.63) is 0 Å². The number of nitriles is 1. The number of hydrogen-bond acceptors (Lipinski definition) is 2. The first-order chi connectivity index (χ1) is 6.22. The van der Waals surface area contributed by atoms with Gasteiger partial charge in [-0.3, -0.25) is 0 Å². The Kier molecular flexibility index (Phi) is 1.26. The van der Waals surface area contributed by atoms with E-state index in [2.05, 4.69) is 6.07 Å². The van der Waals surface area contributed by atoms with Crippen molar-refractivity contribution < 1.29 is 5.11 Å². The van der Waals surface area contributed by atoms with Crippen LogP contribution in [0.3, 0.4) is 0 Å². The van der Waals surface area contributed by atoms with Crippen LogP contribution in [0.15, 0.2) is 0 Å². The summed E-state index contributed by atoms with van der Waals surface area (Å²) >= 11 is 0. The normalized spacial score (nSPS) is 50.5. The molecule has 1 N–H and O–H groups in total. The van der Waals surface area contributed by atoms with Crippen LogP contribution in [0.5, 0.6) is 0 Å². The lowest BCUT2D eigenvalue weighted by Crippen LogP contribution is -2.52. The van der Waals surface area contributed by atoms with Crippen molar-refractivity contribution in [2.45, 2.75) is 44.1 Å². The molecule has 0 radical (unpaired) electrons. The maximum atomic E-state index is 10.5. The van der Waals surface area contributed by atoms with E-state index in [1.54, 1.807) is 0 Å². The zero-order valence-electron chi connectivity index (χ0n) is 7.79. The minimum atomic E-state index is -0.593. The number of hydrogen-bond donors (Lipinski definition) is 1. The molecule has 2 heteroatoms. The van der Waals surface area contributed by atoms with Gasteiger partial charge in [0.1, 0.15) is 0 Å². The van der Waals surface area contributed by atoms with Crippen LogP contribution < -0.4 is 0 Å². The molecule has 13 heavy (non-hydrogen) atoms. The number of fused-ring (bicyclic) bond motifs is 1. The third-order valence-electron chi connectivity index (χ3n) is 4.68. The first-order valence-electron chi connectivity index (χ1n) is 5.35. The first kappa shape index (κ1) is 7.82. The van der Waals surface area contributed by atoms with Gasteiger partial charge in [-0.25, -0.2) is 0 Å². The molecule has 0 amide bonds. The molecule has 3 rings (SSSR count). The van der Waals surface area contributed by atoms with Gasteiger partial charge in [0.15, 0.2) is 0 Å². The Labute approximate surface area is 78.6 Å². The van der Waals surface area contributed by atoms with Crippen LogP contribution in [0.25, 0.3) is 0 Å². The van der Waals surface area contributed by atoms with E-state index >= 15 is 0 Å². The Bertz CT molecular complexity index is 289. The van der Waals surface area contributed by atoms with Gasteiger partial charge in [-0.15, -0.1) is 0 Å². The zero-order valence-corrected chi connectivity index (χ0v) is 7.79. The summed E-state index contributed by atoms with van der Waals surface area (Å²) in [5.41, 5.74) is -0.937. The van der Waals surface area contributed by atoms with Crippen LogP contribution in [0, 0.1) is 28.6 Å². The fourth-order valence-corrected chi connectivity index (χ4v) is 3.51. The maximum Gasteiger partial charge on any atom is 0.0864 e. The Balaban J connectivity index is 1.94. The summed E-state index contributed by atoms with van der Waals surface area (Å²) in [6, 6.07) is 2.40. The average molecular weight is 177 g/mol. The molecular formula is C11H15NO. The van der Waals surface area contributed by atoms with Crippen molar-refractivity contribution in [1.29, 1.82) is 5.26 Å². The maximum absolute atomic E-state index is 10.5. The molecule has 0 spiro atoms. The van der Waals surface area contributed by atoms with Crippen molar-refractivity contribution in [2.24, 2.45) is 17.3 Å². The monoisotopic (exact) mass is 177 g/mol. The molecule has 3 saturated carbocycles. The van der Waals surface area contributed by atoms with E-state index in [1.807, 2.05) is 0 Å². The molecule has 0 bridgehead atoms. The van der Waals surface area contributed by atoms with Crippen molar-refractivity contribution in [2.75, 3.05) is 0 Å². The van der Waals surface area contributed by atoms with E-state index in [0.717, 1.165) is 38.0 Å². The topological polar surface area (TPSA) is 44.0 Å². The lowest BCUT2D eigenvalue weighted by Gasteiger charge is -2.47. The highest BCUT2D eigenvalue weighted by Crippen LogP contribution is 2.67. The van der Waals surface area contributed by atoms with Gasteiger partial charge in [-0.05, 0) is 43.9 Å². The summed E-state index contributed by atoms with van der Waals surface area (Å²) in [6.07, 6.45) is 6.22. The second-order valence-corrected chi connectivity index (χ2v) is 5.11. The smallest absolute Gasteiger partial charge is 0.0864 e.